The lowest BCUT2D eigenvalue weighted by Crippen LogP contribution is -2.21. The molecular weight excluding hydrogens is 232 g/mol. The lowest BCUT2D eigenvalue weighted by Gasteiger charge is -2.26. The molecule has 0 aromatic heterocycles. The minimum Gasteiger partial charge on any atom is -0.330 e. The zero-order chi connectivity index (χ0) is 14.7. The van der Waals surface area contributed by atoms with Crippen LogP contribution in [0.5, 0.6) is 0 Å². The summed E-state index contributed by atoms with van der Waals surface area (Å²) in [6.45, 7) is 13.2. The molecule has 0 bridgehead atoms. The van der Waals surface area contributed by atoms with Gasteiger partial charge < -0.3 is 5.73 Å². The molecule has 0 heterocycles. The second-order valence-electron chi connectivity index (χ2n) is 6.83. The van der Waals surface area contributed by atoms with Gasteiger partial charge in [0.15, 0.2) is 0 Å². The topological polar surface area (TPSA) is 38.4 Å². The van der Waals surface area contributed by atoms with Crippen LogP contribution in [0.2, 0.25) is 0 Å². The van der Waals surface area contributed by atoms with Crippen LogP contribution in [0.4, 0.5) is 0 Å². The SMILES string of the molecule is CCCCC(C=NCCC(C)(C)CC(C)CN)CC. The molecule has 0 amide bonds. The van der Waals surface area contributed by atoms with Gasteiger partial charge in [-0.2, -0.15) is 0 Å². The lowest BCUT2D eigenvalue weighted by molar-refractivity contribution is 0.264. The Morgan fingerprint density at radius 1 is 1.26 bits per heavy atom. The maximum atomic E-state index is 5.71. The molecule has 0 rings (SSSR count). The number of hydrogen-bond donors (Lipinski definition) is 1. The van der Waals surface area contributed by atoms with E-state index in [2.05, 4.69) is 45.8 Å². The first-order valence-electron chi connectivity index (χ1n) is 8.15. The van der Waals surface area contributed by atoms with E-state index in [0.29, 0.717) is 17.3 Å². The Balaban J connectivity index is 3.97. The van der Waals surface area contributed by atoms with Crippen molar-refractivity contribution in [2.75, 3.05) is 13.1 Å². The lowest BCUT2D eigenvalue weighted by atomic mass is 9.80. The molecule has 0 saturated heterocycles. The summed E-state index contributed by atoms with van der Waals surface area (Å²) < 4.78 is 0. The van der Waals surface area contributed by atoms with Crippen LogP contribution < -0.4 is 5.73 Å². The fourth-order valence-electron chi connectivity index (χ4n) is 2.57. The Bertz CT molecular complexity index is 233. The zero-order valence-corrected chi connectivity index (χ0v) is 13.9. The minimum atomic E-state index is 0.362. The minimum absolute atomic E-state index is 0.362. The van der Waals surface area contributed by atoms with E-state index in [-0.39, 0.29) is 0 Å². The van der Waals surface area contributed by atoms with Gasteiger partial charge >= 0.3 is 0 Å². The third-order valence-electron chi connectivity index (χ3n) is 3.99. The fourth-order valence-corrected chi connectivity index (χ4v) is 2.57. The molecule has 0 radical (unpaired) electrons. The monoisotopic (exact) mass is 268 g/mol. The highest BCUT2D eigenvalue weighted by molar-refractivity contribution is 5.60. The molecule has 2 nitrogen and oxygen atoms in total. The van der Waals surface area contributed by atoms with Crippen LogP contribution >= 0.6 is 0 Å². The van der Waals surface area contributed by atoms with Crippen molar-refractivity contribution in [3.05, 3.63) is 0 Å². The molecule has 0 aromatic carbocycles. The Hall–Kier alpha value is -0.370. The zero-order valence-electron chi connectivity index (χ0n) is 13.9. The largest absolute Gasteiger partial charge is 0.330 e. The van der Waals surface area contributed by atoms with Gasteiger partial charge in [0.2, 0.25) is 0 Å². The highest BCUT2D eigenvalue weighted by Crippen LogP contribution is 2.28. The normalized spacial score (nSPS) is 15.9. The first kappa shape index (κ1) is 18.6. The summed E-state index contributed by atoms with van der Waals surface area (Å²) in [5.74, 6) is 1.30. The third-order valence-corrected chi connectivity index (χ3v) is 3.99. The van der Waals surface area contributed by atoms with Gasteiger partial charge in [0.25, 0.3) is 0 Å². The van der Waals surface area contributed by atoms with Gasteiger partial charge in [-0.1, -0.05) is 47.5 Å². The van der Waals surface area contributed by atoms with Crippen molar-refractivity contribution in [2.45, 2.75) is 73.1 Å². The maximum absolute atomic E-state index is 5.71. The van der Waals surface area contributed by atoms with Crippen LogP contribution in [-0.4, -0.2) is 19.3 Å². The van der Waals surface area contributed by atoms with E-state index in [9.17, 15) is 0 Å². The maximum Gasteiger partial charge on any atom is 0.0390 e. The van der Waals surface area contributed by atoms with Crippen molar-refractivity contribution in [3.63, 3.8) is 0 Å². The first-order valence-corrected chi connectivity index (χ1v) is 8.15. The van der Waals surface area contributed by atoms with Gasteiger partial charge in [-0.15, -0.1) is 0 Å². The van der Waals surface area contributed by atoms with Crippen molar-refractivity contribution in [1.29, 1.82) is 0 Å². The van der Waals surface area contributed by atoms with Gasteiger partial charge in [-0.3, -0.25) is 4.99 Å². The van der Waals surface area contributed by atoms with Gasteiger partial charge in [0, 0.05) is 12.8 Å². The molecule has 2 unspecified atom stereocenters. The number of nitrogens with zero attached hydrogens (tertiary/aromatic N) is 1. The number of aliphatic imine (C=N–C) groups is 1. The second kappa shape index (κ2) is 10.4. The van der Waals surface area contributed by atoms with Crippen molar-refractivity contribution in [3.8, 4) is 0 Å². The van der Waals surface area contributed by atoms with E-state index in [4.69, 9.17) is 5.73 Å². The van der Waals surface area contributed by atoms with Crippen molar-refractivity contribution in [1.82, 2.24) is 0 Å². The van der Waals surface area contributed by atoms with Crippen molar-refractivity contribution in [2.24, 2.45) is 28.0 Å². The van der Waals surface area contributed by atoms with E-state index >= 15 is 0 Å². The molecule has 0 saturated carbocycles. The van der Waals surface area contributed by atoms with Gasteiger partial charge in [0.1, 0.15) is 0 Å². The first-order chi connectivity index (χ1) is 8.95. The fraction of sp³-hybridized carbons (Fsp3) is 0.941. The number of rotatable bonds is 11. The molecule has 0 spiro atoms. The van der Waals surface area contributed by atoms with Gasteiger partial charge in [-0.25, -0.2) is 0 Å². The summed E-state index contributed by atoms with van der Waals surface area (Å²) in [4.78, 5) is 4.66. The predicted molar refractivity (Wildman–Crippen MR) is 87.9 cm³/mol. The van der Waals surface area contributed by atoms with Crippen LogP contribution in [0.3, 0.4) is 0 Å². The van der Waals surface area contributed by atoms with Gasteiger partial charge in [-0.05, 0) is 49.5 Å². The average molecular weight is 268 g/mol. The molecule has 0 aliphatic heterocycles. The van der Waals surface area contributed by atoms with Crippen molar-refractivity contribution >= 4 is 6.21 Å². The molecule has 2 atom stereocenters. The smallest absolute Gasteiger partial charge is 0.0390 e. The summed E-state index contributed by atoms with van der Waals surface area (Å²) in [6, 6.07) is 0. The Labute approximate surface area is 121 Å². The summed E-state index contributed by atoms with van der Waals surface area (Å²) in [5.41, 5.74) is 6.07. The van der Waals surface area contributed by atoms with Crippen LogP contribution in [0.25, 0.3) is 0 Å². The summed E-state index contributed by atoms with van der Waals surface area (Å²) in [7, 11) is 0. The molecule has 0 fully saturated rings. The van der Waals surface area contributed by atoms with E-state index in [1.54, 1.807) is 0 Å². The summed E-state index contributed by atoms with van der Waals surface area (Å²) >= 11 is 0. The average Bonchev–Trinajstić information content (AvgIpc) is 2.37. The van der Waals surface area contributed by atoms with E-state index in [1.807, 2.05) is 0 Å². The molecule has 0 aliphatic carbocycles. The Morgan fingerprint density at radius 3 is 2.47 bits per heavy atom. The quantitative estimate of drug-likeness (QED) is 0.543. The Kier molecular flexibility index (Phi) is 10.2. The molecule has 0 aliphatic rings. The standard InChI is InChI=1S/C17H36N2/c1-6-8-9-16(7-2)14-19-11-10-17(4,5)12-15(3)13-18/h14-16H,6-13,18H2,1-5H3. The highest BCUT2D eigenvalue weighted by atomic mass is 14.7. The van der Waals surface area contributed by atoms with Crippen molar-refractivity contribution < 1.29 is 0 Å². The molecule has 2 N–H and O–H groups in total. The third kappa shape index (κ3) is 10.1. The summed E-state index contributed by atoms with van der Waals surface area (Å²) in [5, 5.41) is 0. The molecule has 114 valence electrons. The van der Waals surface area contributed by atoms with Crippen LogP contribution in [-0.2, 0) is 0 Å². The molecular formula is C17H36N2. The summed E-state index contributed by atoms with van der Waals surface area (Å²) in [6.07, 6.45) is 9.70. The van der Waals surface area contributed by atoms with Crippen LogP contribution in [0.1, 0.15) is 73.1 Å². The predicted octanol–water partition coefficient (Wildman–Crippen LogP) is 4.67. The number of unbranched alkanes of at least 4 members (excludes halogenated alkanes) is 1. The van der Waals surface area contributed by atoms with Gasteiger partial charge in [0.05, 0.1) is 0 Å². The number of nitrogens with two attached hydrogens (primary N) is 1. The number of hydrogen-bond acceptors (Lipinski definition) is 2. The highest BCUT2D eigenvalue weighted by Gasteiger charge is 2.19. The van der Waals surface area contributed by atoms with Crippen LogP contribution in [0, 0.1) is 17.3 Å². The van der Waals surface area contributed by atoms with E-state index < -0.39 is 0 Å². The molecule has 19 heavy (non-hydrogen) atoms. The molecule has 0 aromatic rings. The van der Waals surface area contributed by atoms with E-state index in [1.165, 1.54) is 32.1 Å². The second-order valence-corrected chi connectivity index (χ2v) is 6.83. The van der Waals surface area contributed by atoms with E-state index in [0.717, 1.165) is 19.5 Å². The van der Waals surface area contributed by atoms with Crippen LogP contribution in [0.15, 0.2) is 4.99 Å². The molecule has 2 heteroatoms. The Morgan fingerprint density at radius 2 is 1.95 bits per heavy atom.